The molecule has 0 aliphatic heterocycles. The summed E-state index contributed by atoms with van der Waals surface area (Å²) in [4.78, 5) is 13.2. The quantitative estimate of drug-likeness (QED) is 0.268. The fraction of sp³-hybridized carbons (Fsp3) is 0. The minimum absolute atomic E-state index is 0. The van der Waals surface area contributed by atoms with E-state index in [0.717, 1.165) is 22.8 Å². The third-order valence-electron chi connectivity index (χ3n) is 2.60. The molecule has 0 aromatic carbocycles. The van der Waals surface area contributed by atoms with Crippen LogP contribution in [0.5, 0.6) is 0 Å². The topological polar surface area (TPSA) is 106 Å². The van der Waals surface area contributed by atoms with E-state index in [1.54, 1.807) is 12.4 Å². The maximum Gasteiger partial charge on any atom is 3.00 e. The van der Waals surface area contributed by atoms with E-state index in [-0.39, 0.29) is 19.5 Å². The molecule has 139 valence electrons. The van der Waals surface area contributed by atoms with Gasteiger partial charge in [-0.1, -0.05) is 54.9 Å². The maximum absolute atomic E-state index is 7.13. The van der Waals surface area contributed by atoms with Crippen molar-refractivity contribution in [1.82, 2.24) is 15.0 Å². The monoisotopic (exact) mass is 509 g/mol. The predicted molar refractivity (Wildman–Crippen MR) is 119 cm³/mol. The molecule has 10 heteroatoms. The molecule has 3 aromatic heterocycles. The van der Waals surface area contributed by atoms with Crippen molar-refractivity contribution in [1.29, 1.82) is 0 Å². The third-order valence-corrected chi connectivity index (χ3v) is 2.60. The second-order valence-electron chi connectivity index (χ2n) is 4.11. The van der Waals surface area contributed by atoms with Gasteiger partial charge in [0.05, 0.1) is 22.8 Å². The van der Waals surface area contributed by atoms with Gasteiger partial charge in [0.15, 0.2) is 0 Å². The van der Waals surface area contributed by atoms with Crippen molar-refractivity contribution < 1.29 is 19.5 Å². The molecule has 0 fully saturated rings. The Morgan fingerprint density at radius 1 is 0.571 bits per heavy atom. The summed E-state index contributed by atoms with van der Waals surface area (Å²) in [6.45, 7) is 0. The van der Waals surface area contributed by atoms with Crippen molar-refractivity contribution in [2.45, 2.75) is 0 Å². The SMILES string of the molecule is [N-]=C=S.[N-]=C=S.[N-]=C=S.[Ru+3].c1ccc(-c2cccc(-c3ccccn3)n2)nc1. The van der Waals surface area contributed by atoms with Gasteiger partial charge in [-0.25, -0.2) is 4.98 Å². The van der Waals surface area contributed by atoms with Gasteiger partial charge in [0.25, 0.3) is 0 Å². The molecule has 0 N–H and O–H groups in total. The Bertz CT molecular complexity index is 822. The molecule has 0 unspecified atom stereocenters. The number of nitrogens with zero attached hydrogens (tertiary/aromatic N) is 6. The molecule has 3 rings (SSSR count). The van der Waals surface area contributed by atoms with Crippen LogP contribution in [0.15, 0.2) is 67.0 Å². The number of hydrogen-bond donors (Lipinski definition) is 0. The fourth-order valence-corrected chi connectivity index (χ4v) is 1.75. The van der Waals surface area contributed by atoms with Crippen LogP contribution in [-0.4, -0.2) is 30.4 Å². The fourth-order valence-electron chi connectivity index (χ4n) is 1.75. The molecule has 28 heavy (non-hydrogen) atoms. The maximum atomic E-state index is 7.13. The zero-order valence-electron chi connectivity index (χ0n) is 14.1. The molecule has 3 aromatic rings. The molecule has 0 spiro atoms. The van der Waals surface area contributed by atoms with Crippen molar-refractivity contribution in [2.24, 2.45) is 0 Å². The molecule has 0 saturated heterocycles. The molecule has 6 nitrogen and oxygen atoms in total. The van der Waals surface area contributed by atoms with Gasteiger partial charge in [0, 0.05) is 12.4 Å². The van der Waals surface area contributed by atoms with Crippen LogP contribution in [0.1, 0.15) is 0 Å². The van der Waals surface area contributed by atoms with Crippen molar-refractivity contribution >= 4 is 52.1 Å². The largest absolute Gasteiger partial charge is 3.00 e. The number of pyridine rings is 3. The van der Waals surface area contributed by atoms with E-state index in [0.29, 0.717) is 0 Å². The van der Waals surface area contributed by atoms with E-state index >= 15 is 0 Å². The Morgan fingerprint density at radius 3 is 1.18 bits per heavy atom. The van der Waals surface area contributed by atoms with E-state index in [9.17, 15) is 0 Å². The van der Waals surface area contributed by atoms with E-state index in [2.05, 4.69) is 51.6 Å². The third kappa shape index (κ3) is 12.0. The normalized spacial score (nSPS) is 7.43. The van der Waals surface area contributed by atoms with Gasteiger partial charge in [-0.05, 0) is 36.4 Å². The average molecular weight is 509 g/mol. The summed E-state index contributed by atoms with van der Waals surface area (Å²) < 4.78 is 0. The number of hydrogen-bond acceptors (Lipinski definition) is 6. The van der Waals surface area contributed by atoms with E-state index in [4.69, 9.17) is 16.2 Å². The molecule has 0 aliphatic rings. The van der Waals surface area contributed by atoms with Crippen LogP contribution in [0.4, 0.5) is 0 Å². The molecule has 0 bridgehead atoms. The minimum atomic E-state index is 0. The molecule has 3 heterocycles. The summed E-state index contributed by atoms with van der Waals surface area (Å²) in [6, 6.07) is 17.5. The smallest absolute Gasteiger partial charge is 0.753 e. The van der Waals surface area contributed by atoms with Gasteiger partial charge in [-0.3, -0.25) is 9.97 Å². The Hall–Kier alpha value is -2.53. The standard InChI is InChI=1S/C15H11N3.3CNS.Ru/c1-3-10-16-12(6-1)14-8-5-9-15(18-14)13-7-2-4-11-17-13;3*2-1-3;/h1-11H;;;;/q;3*-1;+3. The molecular weight excluding hydrogens is 498 g/mol. The summed E-state index contributed by atoms with van der Waals surface area (Å²) in [5, 5.41) is 25.4. The van der Waals surface area contributed by atoms with E-state index in [1.165, 1.54) is 15.5 Å². The molecule has 1 radical (unpaired) electrons. The van der Waals surface area contributed by atoms with Gasteiger partial charge in [-0.2, -0.15) is 15.5 Å². The molecule has 0 saturated carbocycles. The van der Waals surface area contributed by atoms with Crippen LogP contribution in [0, 0.1) is 0 Å². The summed E-state index contributed by atoms with van der Waals surface area (Å²) in [7, 11) is 0. The minimum Gasteiger partial charge on any atom is -0.753 e. The van der Waals surface area contributed by atoms with Crippen LogP contribution in [0.25, 0.3) is 39.0 Å². The Labute approximate surface area is 191 Å². The van der Waals surface area contributed by atoms with Crippen LogP contribution in [-0.2, 0) is 19.5 Å². The van der Waals surface area contributed by atoms with Crippen molar-refractivity contribution in [2.75, 3.05) is 0 Å². The summed E-state index contributed by atoms with van der Waals surface area (Å²) in [6.07, 6.45) is 3.54. The van der Waals surface area contributed by atoms with Gasteiger partial charge >= 0.3 is 19.5 Å². The molecule has 0 amide bonds. The summed E-state index contributed by atoms with van der Waals surface area (Å²) >= 11 is 11.1. The van der Waals surface area contributed by atoms with E-state index in [1.807, 2.05) is 54.6 Å². The van der Waals surface area contributed by atoms with Crippen LogP contribution in [0.2, 0.25) is 0 Å². The Balaban J connectivity index is 0. The number of isothiocyanates is 3. The van der Waals surface area contributed by atoms with Crippen LogP contribution < -0.4 is 0 Å². The van der Waals surface area contributed by atoms with Crippen molar-refractivity contribution in [3.63, 3.8) is 0 Å². The van der Waals surface area contributed by atoms with Gasteiger partial charge in [0.1, 0.15) is 0 Å². The molecule has 0 atom stereocenters. The first-order valence-corrected chi connectivity index (χ1v) is 8.24. The summed E-state index contributed by atoms with van der Waals surface area (Å²) in [5.74, 6) is 0. The van der Waals surface area contributed by atoms with Crippen molar-refractivity contribution in [3.8, 4) is 22.8 Å². The first-order valence-electron chi connectivity index (χ1n) is 7.02. The Morgan fingerprint density at radius 2 is 0.893 bits per heavy atom. The zero-order valence-corrected chi connectivity index (χ0v) is 18.3. The molecule has 0 aliphatic carbocycles. The van der Waals surface area contributed by atoms with E-state index < -0.39 is 0 Å². The van der Waals surface area contributed by atoms with Gasteiger partial charge in [-0.15, -0.1) is 0 Å². The second kappa shape index (κ2) is 19.2. The number of rotatable bonds is 2. The van der Waals surface area contributed by atoms with Crippen molar-refractivity contribution in [3.05, 3.63) is 83.2 Å². The molecular formula is C18H11N6RuS3. The Kier molecular flexibility index (Phi) is 19.0. The first-order chi connectivity index (χ1) is 13.2. The van der Waals surface area contributed by atoms with Crippen LogP contribution in [0.3, 0.4) is 0 Å². The first kappa shape index (κ1) is 27.7. The summed E-state index contributed by atoms with van der Waals surface area (Å²) in [5.41, 5.74) is 3.46. The van der Waals surface area contributed by atoms with Crippen LogP contribution >= 0.6 is 36.7 Å². The van der Waals surface area contributed by atoms with Gasteiger partial charge in [0.2, 0.25) is 0 Å². The number of thiocarbonyl (C=S) groups is 3. The number of aromatic nitrogens is 3. The average Bonchev–Trinajstić information content (AvgIpc) is 2.71. The predicted octanol–water partition coefficient (Wildman–Crippen LogP) is 5.18. The second-order valence-corrected chi connectivity index (χ2v) is 4.66. The zero-order chi connectivity index (χ0) is 20.3. The van der Waals surface area contributed by atoms with Gasteiger partial charge < -0.3 is 16.2 Å².